The van der Waals surface area contributed by atoms with Gasteiger partial charge in [-0.2, -0.15) is 5.01 Å². The Kier molecular flexibility index (Phi) is 6.50. The molecule has 0 atom stereocenters. The van der Waals surface area contributed by atoms with E-state index in [2.05, 4.69) is 21.4 Å². The van der Waals surface area contributed by atoms with E-state index in [0.29, 0.717) is 34.8 Å². The molecule has 1 spiro atoms. The van der Waals surface area contributed by atoms with Crippen molar-refractivity contribution in [3.63, 3.8) is 0 Å². The van der Waals surface area contributed by atoms with Crippen molar-refractivity contribution in [2.75, 3.05) is 17.2 Å². The molecule has 0 unspecified atom stereocenters. The first-order chi connectivity index (χ1) is 15.9. The zero-order valence-corrected chi connectivity index (χ0v) is 18.6. The molecule has 33 heavy (non-hydrogen) atoms. The number of nitrogens with one attached hydrogen (secondary N) is 4. The third-order valence-corrected chi connectivity index (χ3v) is 6.07. The number of benzene rings is 2. The Bertz CT molecular complexity index is 1080. The van der Waals surface area contributed by atoms with Gasteiger partial charge in [0.15, 0.2) is 0 Å². The number of para-hydroxylation sites is 1. The minimum atomic E-state index is -0.914. The van der Waals surface area contributed by atoms with E-state index in [1.54, 1.807) is 48.5 Å². The summed E-state index contributed by atoms with van der Waals surface area (Å²) in [5, 5.41) is 9.73. The van der Waals surface area contributed by atoms with Crippen molar-refractivity contribution in [3.8, 4) is 0 Å². The van der Waals surface area contributed by atoms with Gasteiger partial charge in [0.2, 0.25) is 0 Å². The second-order valence-electron chi connectivity index (χ2n) is 8.11. The molecule has 2 aromatic carbocycles. The van der Waals surface area contributed by atoms with Gasteiger partial charge >= 0.3 is 6.03 Å². The standard InChI is InChI=1S/C23H24ClN5O4/c24-15-8-10-16(11-9-15)26-20(31)17-6-2-3-7-18(17)25-14-19(30)28-29-21(32)23(27-22(29)33)12-4-1-5-13-23/h2-3,6-11,25H,1,4-5,12-14H2,(H,26,31)(H,27,33)(H,28,30). The van der Waals surface area contributed by atoms with Gasteiger partial charge in [0.25, 0.3) is 17.7 Å². The minimum absolute atomic E-state index is 0.241. The lowest BCUT2D eigenvalue weighted by atomic mass is 9.82. The summed E-state index contributed by atoms with van der Waals surface area (Å²) in [6, 6.07) is 12.8. The van der Waals surface area contributed by atoms with Crippen LogP contribution in [0.2, 0.25) is 5.02 Å². The van der Waals surface area contributed by atoms with E-state index in [9.17, 15) is 19.2 Å². The third kappa shape index (κ3) is 4.93. The molecule has 1 heterocycles. The van der Waals surface area contributed by atoms with E-state index in [-0.39, 0.29) is 12.5 Å². The Balaban J connectivity index is 1.37. The van der Waals surface area contributed by atoms with Crippen LogP contribution in [0.5, 0.6) is 0 Å². The van der Waals surface area contributed by atoms with Crippen molar-refractivity contribution < 1.29 is 19.2 Å². The molecule has 0 radical (unpaired) electrons. The quantitative estimate of drug-likeness (QED) is 0.484. The van der Waals surface area contributed by atoms with Crippen LogP contribution in [0.15, 0.2) is 48.5 Å². The number of imide groups is 1. The average Bonchev–Trinajstić information content (AvgIpc) is 3.03. The fourth-order valence-electron chi connectivity index (χ4n) is 4.12. The van der Waals surface area contributed by atoms with Crippen molar-refractivity contribution in [1.82, 2.24) is 15.8 Å². The molecule has 1 saturated heterocycles. The summed E-state index contributed by atoms with van der Waals surface area (Å²) in [6.07, 6.45) is 3.86. The summed E-state index contributed by atoms with van der Waals surface area (Å²) in [7, 11) is 0. The molecule has 1 saturated carbocycles. The second kappa shape index (κ2) is 9.50. The van der Waals surface area contributed by atoms with Crippen LogP contribution in [0.1, 0.15) is 42.5 Å². The molecule has 4 rings (SSSR count). The zero-order valence-electron chi connectivity index (χ0n) is 17.8. The maximum atomic E-state index is 12.8. The Hall–Kier alpha value is -3.59. The van der Waals surface area contributed by atoms with Crippen molar-refractivity contribution in [3.05, 3.63) is 59.1 Å². The van der Waals surface area contributed by atoms with Gasteiger partial charge in [-0.3, -0.25) is 19.8 Å². The lowest BCUT2D eigenvalue weighted by Crippen LogP contribution is -2.51. The number of hydrogen-bond donors (Lipinski definition) is 4. The first-order valence-corrected chi connectivity index (χ1v) is 11.1. The Morgan fingerprint density at radius 1 is 1.00 bits per heavy atom. The van der Waals surface area contributed by atoms with E-state index >= 15 is 0 Å². The molecule has 2 fully saturated rings. The lowest BCUT2D eigenvalue weighted by molar-refractivity contribution is -0.139. The third-order valence-electron chi connectivity index (χ3n) is 5.82. The number of halogens is 1. The SMILES string of the molecule is O=C(CNc1ccccc1C(=O)Nc1ccc(Cl)cc1)NN1C(=O)NC2(CCCCC2)C1=O. The van der Waals surface area contributed by atoms with Crippen molar-refractivity contribution in [1.29, 1.82) is 0 Å². The van der Waals surface area contributed by atoms with Crippen LogP contribution in [0.3, 0.4) is 0 Å². The van der Waals surface area contributed by atoms with Gasteiger partial charge in [0.05, 0.1) is 12.1 Å². The Labute approximate surface area is 195 Å². The maximum Gasteiger partial charge on any atom is 0.344 e. The number of hydrogen-bond acceptors (Lipinski definition) is 5. The highest BCUT2D eigenvalue weighted by Gasteiger charge is 2.52. The molecule has 2 aliphatic rings. The topological polar surface area (TPSA) is 120 Å². The van der Waals surface area contributed by atoms with E-state index in [1.165, 1.54) is 0 Å². The number of urea groups is 1. The Morgan fingerprint density at radius 2 is 1.70 bits per heavy atom. The summed E-state index contributed by atoms with van der Waals surface area (Å²) < 4.78 is 0. The second-order valence-corrected chi connectivity index (χ2v) is 8.55. The maximum absolute atomic E-state index is 12.8. The van der Waals surface area contributed by atoms with Gasteiger partial charge in [-0.25, -0.2) is 4.79 Å². The highest BCUT2D eigenvalue weighted by atomic mass is 35.5. The van der Waals surface area contributed by atoms with Crippen LogP contribution < -0.4 is 21.4 Å². The van der Waals surface area contributed by atoms with Gasteiger partial charge in [-0.15, -0.1) is 0 Å². The largest absolute Gasteiger partial charge is 0.375 e. The van der Waals surface area contributed by atoms with E-state index in [1.807, 2.05) is 0 Å². The molecule has 10 heteroatoms. The fraction of sp³-hybridized carbons (Fsp3) is 0.304. The smallest absolute Gasteiger partial charge is 0.344 e. The summed E-state index contributed by atoms with van der Waals surface area (Å²) in [6.45, 7) is -0.241. The minimum Gasteiger partial charge on any atom is -0.375 e. The molecule has 1 aliphatic heterocycles. The molecular formula is C23H24ClN5O4. The number of anilines is 2. The number of nitrogens with zero attached hydrogens (tertiary/aromatic N) is 1. The van der Waals surface area contributed by atoms with Gasteiger partial charge in [0.1, 0.15) is 5.54 Å². The molecule has 2 aromatic rings. The van der Waals surface area contributed by atoms with E-state index < -0.39 is 23.4 Å². The van der Waals surface area contributed by atoms with Crippen molar-refractivity contribution in [2.45, 2.75) is 37.6 Å². The number of carbonyl (C=O) groups excluding carboxylic acids is 4. The van der Waals surface area contributed by atoms with Crippen LogP contribution in [0.4, 0.5) is 16.2 Å². The van der Waals surface area contributed by atoms with Crippen LogP contribution in [-0.4, -0.2) is 40.8 Å². The molecule has 0 bridgehead atoms. The normalized spacial score (nSPS) is 16.9. The number of amides is 5. The number of rotatable bonds is 6. The highest BCUT2D eigenvalue weighted by molar-refractivity contribution is 6.30. The predicted molar refractivity (Wildman–Crippen MR) is 124 cm³/mol. The lowest BCUT2D eigenvalue weighted by Gasteiger charge is -2.30. The van der Waals surface area contributed by atoms with E-state index in [4.69, 9.17) is 11.6 Å². The first kappa shape index (κ1) is 22.6. The Morgan fingerprint density at radius 3 is 2.42 bits per heavy atom. The van der Waals surface area contributed by atoms with E-state index in [0.717, 1.165) is 24.3 Å². The number of hydrazine groups is 1. The molecule has 172 valence electrons. The van der Waals surface area contributed by atoms with Crippen molar-refractivity contribution >= 4 is 46.7 Å². The predicted octanol–water partition coefficient (Wildman–Crippen LogP) is 3.29. The molecule has 5 amide bonds. The van der Waals surface area contributed by atoms with Crippen molar-refractivity contribution in [2.24, 2.45) is 0 Å². The molecule has 1 aliphatic carbocycles. The van der Waals surface area contributed by atoms with Gasteiger partial charge in [0, 0.05) is 16.4 Å². The molecule has 4 N–H and O–H groups in total. The first-order valence-electron chi connectivity index (χ1n) is 10.7. The summed E-state index contributed by atoms with van der Waals surface area (Å²) in [4.78, 5) is 50.3. The fourth-order valence-corrected chi connectivity index (χ4v) is 4.25. The van der Waals surface area contributed by atoms with Crippen LogP contribution in [0, 0.1) is 0 Å². The highest BCUT2D eigenvalue weighted by Crippen LogP contribution is 2.33. The summed E-state index contributed by atoms with van der Waals surface area (Å²) in [5.41, 5.74) is 2.79. The summed E-state index contributed by atoms with van der Waals surface area (Å²) in [5.74, 6) is -1.38. The van der Waals surface area contributed by atoms with Crippen LogP contribution in [0.25, 0.3) is 0 Å². The van der Waals surface area contributed by atoms with Gasteiger partial charge < -0.3 is 16.0 Å². The molecule has 0 aromatic heterocycles. The summed E-state index contributed by atoms with van der Waals surface area (Å²) >= 11 is 5.87. The van der Waals surface area contributed by atoms with Crippen LogP contribution >= 0.6 is 11.6 Å². The molecular weight excluding hydrogens is 446 g/mol. The van der Waals surface area contributed by atoms with Gasteiger partial charge in [-0.1, -0.05) is 43.0 Å². The number of carbonyl (C=O) groups is 4. The monoisotopic (exact) mass is 469 g/mol. The average molecular weight is 470 g/mol. The van der Waals surface area contributed by atoms with Crippen LogP contribution in [-0.2, 0) is 9.59 Å². The van der Waals surface area contributed by atoms with Gasteiger partial charge in [-0.05, 0) is 49.2 Å². The molecule has 9 nitrogen and oxygen atoms in total. The zero-order chi connectivity index (χ0) is 23.4.